The van der Waals surface area contributed by atoms with Gasteiger partial charge in [-0.2, -0.15) is 0 Å². The van der Waals surface area contributed by atoms with Crippen LogP contribution in [0.5, 0.6) is 0 Å². The molecule has 0 bridgehead atoms. The van der Waals surface area contributed by atoms with Gasteiger partial charge in [0.2, 0.25) is 5.30 Å². The van der Waals surface area contributed by atoms with Crippen molar-refractivity contribution >= 4 is 24.2 Å². The molecule has 0 amide bonds. The van der Waals surface area contributed by atoms with E-state index in [1.165, 1.54) is 0 Å². The Labute approximate surface area is 143 Å². The highest BCUT2D eigenvalue weighted by atomic mass is 31.1. The van der Waals surface area contributed by atoms with Gasteiger partial charge < -0.3 is 0 Å². The maximum Gasteiger partial charge on any atom is 0.416 e. The van der Waals surface area contributed by atoms with E-state index in [9.17, 15) is 9.36 Å². The summed E-state index contributed by atoms with van der Waals surface area (Å²) >= 11 is 0. The first-order valence-corrected chi connectivity index (χ1v) is 9.07. The van der Waals surface area contributed by atoms with Gasteiger partial charge in [-0.05, 0) is 43.7 Å². The molecule has 0 aromatic heterocycles. The van der Waals surface area contributed by atoms with Crippen molar-refractivity contribution in [1.29, 1.82) is 0 Å². The smallest absolute Gasteiger partial charge is 0.288 e. The van der Waals surface area contributed by atoms with Gasteiger partial charge in [0.05, 0.1) is 5.56 Å². The van der Waals surface area contributed by atoms with Crippen molar-refractivity contribution in [3.05, 3.63) is 95.1 Å². The predicted octanol–water partition coefficient (Wildman–Crippen LogP) is 4.31. The number of carbonyl (C=O) groups is 1. The maximum absolute atomic E-state index is 13.0. The lowest BCUT2D eigenvalue weighted by atomic mass is 9.97. The van der Waals surface area contributed by atoms with Crippen LogP contribution in [0.1, 0.15) is 27.0 Å². The third-order valence-corrected chi connectivity index (χ3v) is 5.58. The minimum atomic E-state index is -1.80. The first-order chi connectivity index (χ1) is 11.6. The molecule has 0 fully saturated rings. The number of aryl methyl sites for hydroxylation is 2. The normalized spacial score (nSPS) is 11.2. The van der Waals surface area contributed by atoms with Crippen LogP contribution in [0.25, 0.3) is 0 Å². The number of ketones is 1. The minimum absolute atomic E-state index is 0.0811. The van der Waals surface area contributed by atoms with Gasteiger partial charge >= 0.3 is 7.80 Å². The van der Waals surface area contributed by atoms with Crippen LogP contribution in [-0.4, -0.2) is 5.78 Å². The van der Waals surface area contributed by atoms with Gasteiger partial charge in [-0.15, -0.1) is 0 Å². The fourth-order valence-electron chi connectivity index (χ4n) is 2.76. The molecule has 0 saturated heterocycles. The van der Waals surface area contributed by atoms with E-state index in [2.05, 4.69) is 0 Å². The van der Waals surface area contributed by atoms with Crippen molar-refractivity contribution in [3.63, 3.8) is 0 Å². The monoisotopic (exact) mass is 333 g/mol. The van der Waals surface area contributed by atoms with E-state index in [-0.39, 0.29) is 5.78 Å². The lowest BCUT2D eigenvalue weighted by molar-refractivity contribution is 0.103. The van der Waals surface area contributed by atoms with E-state index in [0.717, 1.165) is 16.4 Å². The molecule has 0 N–H and O–H groups in total. The largest absolute Gasteiger partial charge is 0.416 e. The first-order valence-electron chi connectivity index (χ1n) is 7.81. The molecule has 0 aliphatic heterocycles. The zero-order valence-electron chi connectivity index (χ0n) is 13.7. The Morgan fingerprint density at radius 2 is 1.46 bits per heavy atom. The second-order valence-electron chi connectivity index (χ2n) is 5.79. The quantitative estimate of drug-likeness (QED) is 0.526. The van der Waals surface area contributed by atoms with Crippen molar-refractivity contribution in [3.8, 4) is 0 Å². The fourth-order valence-corrected chi connectivity index (χ4v) is 4.10. The van der Waals surface area contributed by atoms with E-state index in [1.807, 2.05) is 74.5 Å². The summed E-state index contributed by atoms with van der Waals surface area (Å²) in [6.07, 6.45) is 0. The van der Waals surface area contributed by atoms with Crippen molar-refractivity contribution in [1.82, 2.24) is 0 Å². The molecule has 0 spiro atoms. The SMILES string of the molecule is Cc1ccc(C(=O)c2ccccc2[P+](=O)c2ccccc2)c(C)c1. The maximum atomic E-state index is 13.0. The molecule has 0 aliphatic carbocycles. The highest BCUT2D eigenvalue weighted by Crippen LogP contribution is 2.24. The molecule has 118 valence electrons. The molecular formula is C21H18O2P+. The Morgan fingerprint density at radius 3 is 2.17 bits per heavy atom. The molecule has 2 nitrogen and oxygen atoms in total. The summed E-state index contributed by atoms with van der Waals surface area (Å²) in [5.74, 6) is -0.0811. The Balaban J connectivity index is 2.06. The van der Waals surface area contributed by atoms with Gasteiger partial charge in [0.15, 0.2) is 11.1 Å². The van der Waals surface area contributed by atoms with Crippen LogP contribution in [0.15, 0.2) is 72.8 Å². The predicted molar refractivity (Wildman–Crippen MR) is 99.1 cm³/mol. The Bertz CT molecular complexity index is 914. The molecule has 1 unspecified atom stereocenters. The van der Waals surface area contributed by atoms with E-state index in [0.29, 0.717) is 16.4 Å². The van der Waals surface area contributed by atoms with E-state index in [1.54, 1.807) is 12.1 Å². The number of benzene rings is 3. The summed E-state index contributed by atoms with van der Waals surface area (Å²) < 4.78 is 12.9. The van der Waals surface area contributed by atoms with Crippen LogP contribution >= 0.6 is 7.80 Å². The number of hydrogen-bond donors (Lipinski definition) is 0. The van der Waals surface area contributed by atoms with Gasteiger partial charge in [-0.3, -0.25) is 4.79 Å². The summed E-state index contributed by atoms with van der Waals surface area (Å²) in [6.45, 7) is 3.93. The standard InChI is InChI=1S/C21H18O2P/c1-15-12-13-18(16(2)14-15)21(22)19-10-6-7-11-20(19)24(23)17-8-4-3-5-9-17/h3-14H,1-2H3/q+1. The van der Waals surface area contributed by atoms with Gasteiger partial charge in [-0.25, -0.2) is 0 Å². The van der Waals surface area contributed by atoms with Crippen LogP contribution in [0, 0.1) is 13.8 Å². The lowest BCUT2D eigenvalue weighted by Gasteiger charge is -2.06. The molecule has 3 rings (SSSR count). The summed E-state index contributed by atoms with van der Waals surface area (Å²) in [7, 11) is -1.80. The number of rotatable bonds is 4. The molecule has 1 atom stereocenters. The van der Waals surface area contributed by atoms with Crippen molar-refractivity contribution in [2.45, 2.75) is 13.8 Å². The summed E-state index contributed by atoms with van der Waals surface area (Å²) in [6, 6.07) is 22.2. The summed E-state index contributed by atoms with van der Waals surface area (Å²) in [5, 5.41) is 1.32. The third-order valence-electron chi connectivity index (χ3n) is 3.98. The fraction of sp³-hybridized carbons (Fsp3) is 0.0952. The topological polar surface area (TPSA) is 34.1 Å². The first kappa shape index (κ1) is 16.3. The van der Waals surface area contributed by atoms with Crippen LogP contribution in [0.2, 0.25) is 0 Å². The van der Waals surface area contributed by atoms with Crippen molar-refractivity contribution in [2.24, 2.45) is 0 Å². The minimum Gasteiger partial charge on any atom is -0.288 e. The molecule has 3 aromatic rings. The molecular weight excluding hydrogens is 315 g/mol. The second-order valence-corrected chi connectivity index (χ2v) is 7.38. The zero-order valence-corrected chi connectivity index (χ0v) is 14.6. The highest BCUT2D eigenvalue weighted by Gasteiger charge is 2.29. The second kappa shape index (κ2) is 6.90. The third kappa shape index (κ3) is 3.20. The number of hydrogen-bond acceptors (Lipinski definition) is 2. The van der Waals surface area contributed by atoms with E-state index in [4.69, 9.17) is 0 Å². The van der Waals surface area contributed by atoms with Gasteiger partial charge in [0.1, 0.15) is 0 Å². The van der Waals surface area contributed by atoms with Gasteiger partial charge in [-0.1, -0.05) is 58.7 Å². The molecule has 0 aliphatic rings. The van der Waals surface area contributed by atoms with Crippen LogP contribution in [-0.2, 0) is 4.57 Å². The lowest BCUT2D eigenvalue weighted by Crippen LogP contribution is -2.17. The average Bonchev–Trinajstić information content (AvgIpc) is 2.61. The molecule has 3 heteroatoms. The summed E-state index contributed by atoms with van der Waals surface area (Å²) in [4.78, 5) is 13.0. The Hall–Kier alpha value is -2.57. The Morgan fingerprint density at radius 1 is 0.792 bits per heavy atom. The molecule has 0 radical (unpaired) electrons. The molecule has 3 aromatic carbocycles. The van der Waals surface area contributed by atoms with E-state index >= 15 is 0 Å². The molecule has 24 heavy (non-hydrogen) atoms. The zero-order chi connectivity index (χ0) is 17.1. The van der Waals surface area contributed by atoms with Crippen molar-refractivity contribution < 1.29 is 9.36 Å². The van der Waals surface area contributed by atoms with Gasteiger partial charge in [0.25, 0.3) is 0 Å². The van der Waals surface area contributed by atoms with E-state index < -0.39 is 7.80 Å². The van der Waals surface area contributed by atoms with Crippen LogP contribution in [0.3, 0.4) is 0 Å². The molecule has 0 heterocycles. The highest BCUT2D eigenvalue weighted by molar-refractivity contribution is 7.61. The van der Waals surface area contributed by atoms with Crippen LogP contribution in [0.4, 0.5) is 0 Å². The van der Waals surface area contributed by atoms with Crippen molar-refractivity contribution in [2.75, 3.05) is 0 Å². The summed E-state index contributed by atoms with van der Waals surface area (Å²) in [5.41, 5.74) is 3.22. The van der Waals surface area contributed by atoms with Gasteiger partial charge in [0, 0.05) is 5.56 Å². The van der Waals surface area contributed by atoms with Crippen LogP contribution < -0.4 is 10.6 Å². The average molecular weight is 333 g/mol. The molecule has 0 saturated carbocycles. The Kier molecular flexibility index (Phi) is 4.69. The number of carbonyl (C=O) groups excluding carboxylic acids is 1.